The van der Waals surface area contributed by atoms with E-state index in [0.29, 0.717) is 17.8 Å². The van der Waals surface area contributed by atoms with Gasteiger partial charge in [0.05, 0.1) is 0 Å². The molecule has 0 nitrogen and oxygen atoms in total. The number of benzene rings is 2. The van der Waals surface area contributed by atoms with Crippen LogP contribution in [-0.2, 0) is 0 Å². The van der Waals surface area contributed by atoms with Crippen LogP contribution in [-0.4, -0.2) is 10.3 Å². The molecule has 0 atom stereocenters. The summed E-state index contributed by atoms with van der Waals surface area (Å²) in [6, 6.07) is 11.6. The Morgan fingerprint density at radius 3 is 1.61 bits per heavy atom. The van der Waals surface area contributed by atoms with Crippen LogP contribution in [0.15, 0.2) is 30.3 Å². The molecule has 2 heteroatoms. The van der Waals surface area contributed by atoms with Crippen molar-refractivity contribution in [2.24, 2.45) is 0 Å². The van der Waals surface area contributed by atoms with Crippen LogP contribution in [0.2, 0.25) is 5.02 Å². The Kier molecular flexibility index (Phi) is 8.15. The van der Waals surface area contributed by atoms with Crippen molar-refractivity contribution in [2.45, 2.75) is 111 Å². The standard InChI is InChI=1S/C29H44ClP/c1-18(2)22-17-23(19(3)4)27(30)25(20(5)6)26(22)21-15-13-14-16-24(21)31(28(7,8)9)29(10,11)12/h13-20H,1-12H3. The predicted molar refractivity (Wildman–Crippen MR) is 145 cm³/mol. The third-order valence-corrected chi connectivity index (χ3v) is 9.91. The Labute approximate surface area is 198 Å². The molecule has 0 N–H and O–H groups in total. The third-order valence-electron chi connectivity index (χ3n) is 5.94. The molecular weight excluding hydrogens is 415 g/mol. The SMILES string of the molecule is CC(C)c1cc(C(C)C)c(-c2ccccc2P(C(C)(C)C)C(C)(C)C)c(C(C)C)c1Cl. The van der Waals surface area contributed by atoms with E-state index in [4.69, 9.17) is 11.6 Å². The normalized spacial score (nSPS) is 13.2. The fourth-order valence-corrected chi connectivity index (χ4v) is 9.76. The lowest BCUT2D eigenvalue weighted by Gasteiger charge is -2.43. The lowest BCUT2D eigenvalue weighted by molar-refractivity contribution is 0.715. The van der Waals surface area contributed by atoms with E-state index in [2.05, 4.69) is 113 Å². The molecule has 2 aromatic carbocycles. The molecule has 0 radical (unpaired) electrons. The minimum absolute atomic E-state index is 0.210. The van der Waals surface area contributed by atoms with E-state index in [-0.39, 0.29) is 10.3 Å². The molecule has 0 aliphatic rings. The fourth-order valence-electron chi connectivity index (χ4n) is 5.05. The summed E-state index contributed by atoms with van der Waals surface area (Å²) in [5.74, 6) is 1.21. The van der Waals surface area contributed by atoms with Crippen LogP contribution in [0.4, 0.5) is 0 Å². The van der Waals surface area contributed by atoms with Gasteiger partial charge in [-0.15, -0.1) is 0 Å². The van der Waals surface area contributed by atoms with Gasteiger partial charge in [0.15, 0.2) is 0 Å². The van der Waals surface area contributed by atoms with Gasteiger partial charge in [0, 0.05) is 5.02 Å². The lowest BCUT2D eigenvalue weighted by Crippen LogP contribution is -2.32. The number of rotatable bonds is 5. The van der Waals surface area contributed by atoms with Crippen LogP contribution in [0.25, 0.3) is 11.1 Å². The van der Waals surface area contributed by atoms with Crippen LogP contribution in [0.3, 0.4) is 0 Å². The van der Waals surface area contributed by atoms with Crippen LogP contribution >= 0.6 is 19.5 Å². The molecule has 0 unspecified atom stereocenters. The summed E-state index contributed by atoms with van der Waals surface area (Å²) in [6.07, 6.45) is 0. The van der Waals surface area contributed by atoms with Gasteiger partial charge in [-0.1, -0.05) is 133 Å². The van der Waals surface area contributed by atoms with Gasteiger partial charge in [-0.05, 0) is 61.2 Å². The summed E-state index contributed by atoms with van der Waals surface area (Å²) in [7, 11) is -0.418. The van der Waals surface area contributed by atoms with Crippen molar-refractivity contribution < 1.29 is 0 Å². The average Bonchev–Trinajstić information content (AvgIpc) is 2.58. The van der Waals surface area contributed by atoms with Crippen LogP contribution in [0, 0.1) is 0 Å². The molecule has 0 fully saturated rings. The van der Waals surface area contributed by atoms with Gasteiger partial charge in [0.25, 0.3) is 0 Å². The van der Waals surface area contributed by atoms with E-state index in [9.17, 15) is 0 Å². The molecule has 0 saturated carbocycles. The van der Waals surface area contributed by atoms with E-state index in [1.54, 1.807) is 0 Å². The first-order valence-electron chi connectivity index (χ1n) is 11.8. The van der Waals surface area contributed by atoms with Crippen LogP contribution in [0.1, 0.15) is 118 Å². The second-order valence-electron chi connectivity index (χ2n) is 11.8. The zero-order valence-corrected chi connectivity index (χ0v) is 23.6. The molecule has 0 heterocycles. The van der Waals surface area contributed by atoms with Crippen molar-refractivity contribution in [1.29, 1.82) is 0 Å². The second kappa shape index (κ2) is 9.57. The van der Waals surface area contributed by atoms with E-state index < -0.39 is 7.92 Å². The van der Waals surface area contributed by atoms with E-state index in [1.807, 2.05) is 0 Å². The molecule has 0 aromatic heterocycles. The topological polar surface area (TPSA) is 0 Å². The highest BCUT2D eigenvalue weighted by molar-refractivity contribution is 7.68. The fraction of sp³-hybridized carbons (Fsp3) is 0.586. The minimum atomic E-state index is -0.418. The van der Waals surface area contributed by atoms with Gasteiger partial charge in [-0.25, -0.2) is 0 Å². The summed E-state index contributed by atoms with van der Waals surface area (Å²) in [5, 5.41) is 2.90. The first-order valence-corrected chi connectivity index (χ1v) is 13.6. The van der Waals surface area contributed by atoms with E-state index in [0.717, 1.165) is 5.02 Å². The van der Waals surface area contributed by atoms with E-state index in [1.165, 1.54) is 33.1 Å². The zero-order valence-electron chi connectivity index (χ0n) is 21.9. The van der Waals surface area contributed by atoms with Crippen molar-refractivity contribution in [3.63, 3.8) is 0 Å². The molecule has 0 saturated heterocycles. The number of hydrogen-bond donors (Lipinski definition) is 0. The van der Waals surface area contributed by atoms with Gasteiger partial charge in [0.2, 0.25) is 0 Å². The molecule has 31 heavy (non-hydrogen) atoms. The third kappa shape index (κ3) is 5.57. The number of halogens is 1. The summed E-state index contributed by atoms with van der Waals surface area (Å²) in [4.78, 5) is 0. The van der Waals surface area contributed by atoms with Crippen molar-refractivity contribution >= 4 is 24.8 Å². The summed E-state index contributed by atoms with van der Waals surface area (Å²) in [5.41, 5.74) is 6.81. The quantitative estimate of drug-likeness (QED) is 0.391. The first kappa shape index (κ1) is 26.4. The molecule has 172 valence electrons. The summed E-state index contributed by atoms with van der Waals surface area (Å²) < 4.78 is 0. The predicted octanol–water partition coefficient (Wildman–Crippen LogP) is 10.1. The molecule has 0 aliphatic heterocycles. The molecule has 0 bridgehead atoms. The first-order chi connectivity index (χ1) is 14.1. The van der Waals surface area contributed by atoms with Gasteiger partial charge < -0.3 is 0 Å². The zero-order chi connectivity index (χ0) is 23.9. The smallest absolute Gasteiger partial charge is 0.0481 e. The minimum Gasteiger partial charge on any atom is -0.0837 e. The lowest BCUT2D eigenvalue weighted by atomic mass is 9.81. The van der Waals surface area contributed by atoms with Gasteiger partial charge >= 0.3 is 0 Å². The number of hydrogen-bond acceptors (Lipinski definition) is 0. The molecule has 2 rings (SSSR count). The molecule has 0 amide bonds. The summed E-state index contributed by atoms with van der Waals surface area (Å²) in [6.45, 7) is 28.2. The summed E-state index contributed by atoms with van der Waals surface area (Å²) >= 11 is 7.15. The Balaban J connectivity index is 3.04. The Hall–Kier alpha value is -0.840. The van der Waals surface area contributed by atoms with E-state index >= 15 is 0 Å². The van der Waals surface area contributed by atoms with Crippen molar-refractivity contribution in [3.8, 4) is 11.1 Å². The van der Waals surface area contributed by atoms with Gasteiger partial charge in [0.1, 0.15) is 0 Å². The highest BCUT2D eigenvalue weighted by Crippen LogP contribution is 2.60. The largest absolute Gasteiger partial charge is 0.0837 e. The van der Waals surface area contributed by atoms with Gasteiger partial charge in [-0.2, -0.15) is 0 Å². The Morgan fingerprint density at radius 1 is 0.710 bits per heavy atom. The highest BCUT2D eigenvalue weighted by atomic mass is 35.5. The maximum atomic E-state index is 7.15. The van der Waals surface area contributed by atoms with Gasteiger partial charge in [-0.3, -0.25) is 0 Å². The maximum Gasteiger partial charge on any atom is 0.0481 e. The molecule has 0 spiro atoms. The average molecular weight is 459 g/mol. The van der Waals surface area contributed by atoms with Crippen molar-refractivity contribution in [1.82, 2.24) is 0 Å². The molecular formula is C29H44ClP. The Bertz CT molecular complexity index is 894. The van der Waals surface area contributed by atoms with Crippen LogP contribution in [0.5, 0.6) is 0 Å². The van der Waals surface area contributed by atoms with Crippen molar-refractivity contribution in [2.75, 3.05) is 0 Å². The van der Waals surface area contributed by atoms with Crippen LogP contribution < -0.4 is 5.30 Å². The molecule has 2 aromatic rings. The van der Waals surface area contributed by atoms with Crippen molar-refractivity contribution in [3.05, 3.63) is 52.0 Å². The maximum absolute atomic E-state index is 7.15. The highest BCUT2D eigenvalue weighted by Gasteiger charge is 2.37. The second-order valence-corrected chi connectivity index (χ2v) is 16.0. The molecule has 0 aliphatic carbocycles. The Morgan fingerprint density at radius 2 is 1.19 bits per heavy atom. The monoisotopic (exact) mass is 458 g/mol.